The molecule has 1 amide bonds. The molecular formula is C19H22BrFN4O. The molecule has 2 heterocycles. The van der Waals surface area contributed by atoms with Crippen LogP contribution < -0.4 is 4.90 Å². The first kappa shape index (κ1) is 18.8. The van der Waals surface area contributed by atoms with E-state index in [2.05, 4.69) is 44.6 Å². The molecule has 138 valence electrons. The predicted octanol–water partition coefficient (Wildman–Crippen LogP) is 3.77. The molecule has 1 aromatic carbocycles. The van der Waals surface area contributed by atoms with Crippen molar-refractivity contribution in [3.05, 3.63) is 51.6 Å². The number of rotatable bonds is 3. The Morgan fingerprint density at radius 2 is 1.85 bits per heavy atom. The summed E-state index contributed by atoms with van der Waals surface area (Å²) in [5.74, 6) is 1.21. The van der Waals surface area contributed by atoms with Crippen LogP contribution in [0.3, 0.4) is 0 Å². The Kier molecular flexibility index (Phi) is 5.55. The molecule has 1 saturated heterocycles. The molecule has 1 fully saturated rings. The van der Waals surface area contributed by atoms with Crippen molar-refractivity contribution in [2.75, 3.05) is 31.1 Å². The van der Waals surface area contributed by atoms with Crippen LogP contribution in [0.4, 0.5) is 10.2 Å². The first-order valence-electron chi connectivity index (χ1n) is 8.70. The lowest BCUT2D eigenvalue weighted by molar-refractivity contribution is 0.0741. The summed E-state index contributed by atoms with van der Waals surface area (Å²) in [6.45, 7) is 8.50. The van der Waals surface area contributed by atoms with E-state index in [9.17, 15) is 9.18 Å². The van der Waals surface area contributed by atoms with Crippen molar-refractivity contribution in [3.63, 3.8) is 0 Å². The smallest absolute Gasteiger partial charge is 0.256 e. The van der Waals surface area contributed by atoms with Gasteiger partial charge in [0.25, 0.3) is 5.91 Å². The lowest BCUT2D eigenvalue weighted by Crippen LogP contribution is -2.49. The Labute approximate surface area is 161 Å². The summed E-state index contributed by atoms with van der Waals surface area (Å²) in [6.07, 6.45) is 0. The highest BCUT2D eigenvalue weighted by atomic mass is 79.9. The number of anilines is 1. The lowest BCUT2D eigenvalue weighted by atomic mass is 10.1. The molecule has 7 heteroatoms. The molecule has 1 aliphatic heterocycles. The Morgan fingerprint density at radius 3 is 2.50 bits per heavy atom. The van der Waals surface area contributed by atoms with Crippen molar-refractivity contribution < 1.29 is 9.18 Å². The Balaban J connectivity index is 1.71. The van der Waals surface area contributed by atoms with Crippen LogP contribution in [-0.2, 0) is 0 Å². The summed E-state index contributed by atoms with van der Waals surface area (Å²) in [7, 11) is 0. The third-order valence-electron chi connectivity index (χ3n) is 4.42. The van der Waals surface area contributed by atoms with Crippen LogP contribution >= 0.6 is 15.9 Å². The molecule has 26 heavy (non-hydrogen) atoms. The quantitative estimate of drug-likeness (QED) is 0.757. The summed E-state index contributed by atoms with van der Waals surface area (Å²) in [5.41, 5.74) is 1.04. The van der Waals surface area contributed by atoms with Gasteiger partial charge in [-0.3, -0.25) is 4.79 Å². The minimum absolute atomic E-state index is 0.104. The molecule has 1 aromatic heterocycles. The molecule has 1 aliphatic rings. The number of aryl methyl sites for hydroxylation is 1. The zero-order valence-electron chi connectivity index (χ0n) is 15.2. The van der Waals surface area contributed by atoms with Crippen LogP contribution in [0.1, 0.15) is 41.6 Å². The molecule has 0 saturated carbocycles. The van der Waals surface area contributed by atoms with E-state index in [-0.39, 0.29) is 17.4 Å². The Morgan fingerprint density at radius 1 is 1.15 bits per heavy atom. The van der Waals surface area contributed by atoms with Gasteiger partial charge < -0.3 is 9.80 Å². The van der Waals surface area contributed by atoms with Crippen molar-refractivity contribution in [3.8, 4) is 0 Å². The van der Waals surface area contributed by atoms with E-state index in [1.807, 2.05) is 13.0 Å². The second-order valence-corrected chi connectivity index (χ2v) is 7.70. The normalized spacial score (nSPS) is 14.8. The topological polar surface area (TPSA) is 49.3 Å². The molecule has 5 nitrogen and oxygen atoms in total. The second-order valence-electron chi connectivity index (χ2n) is 6.78. The van der Waals surface area contributed by atoms with E-state index in [1.54, 1.807) is 11.0 Å². The third-order valence-corrected chi connectivity index (χ3v) is 4.92. The maximum absolute atomic E-state index is 14.0. The first-order valence-corrected chi connectivity index (χ1v) is 9.49. The molecule has 0 aliphatic carbocycles. The van der Waals surface area contributed by atoms with Gasteiger partial charge in [-0.05, 0) is 25.1 Å². The van der Waals surface area contributed by atoms with Gasteiger partial charge in [-0.1, -0.05) is 29.8 Å². The van der Waals surface area contributed by atoms with Gasteiger partial charge >= 0.3 is 0 Å². The number of hydrogen-bond donors (Lipinski definition) is 0. The fraction of sp³-hybridized carbons (Fsp3) is 0.421. The predicted molar refractivity (Wildman–Crippen MR) is 103 cm³/mol. The van der Waals surface area contributed by atoms with Gasteiger partial charge in [-0.15, -0.1) is 0 Å². The summed E-state index contributed by atoms with van der Waals surface area (Å²) >= 11 is 3.29. The molecule has 0 radical (unpaired) electrons. The minimum Gasteiger partial charge on any atom is -0.353 e. The number of hydrogen-bond acceptors (Lipinski definition) is 4. The van der Waals surface area contributed by atoms with Gasteiger partial charge in [0.2, 0.25) is 0 Å². The highest BCUT2D eigenvalue weighted by Crippen LogP contribution is 2.21. The monoisotopic (exact) mass is 420 g/mol. The number of piperazine rings is 1. The Bertz CT molecular complexity index is 819. The maximum Gasteiger partial charge on any atom is 0.256 e. The number of benzene rings is 1. The molecule has 0 spiro atoms. The van der Waals surface area contributed by atoms with Gasteiger partial charge in [-0.2, -0.15) is 0 Å². The van der Waals surface area contributed by atoms with Crippen molar-refractivity contribution in [1.82, 2.24) is 14.9 Å². The van der Waals surface area contributed by atoms with Crippen LogP contribution in [0.5, 0.6) is 0 Å². The number of halogens is 2. The van der Waals surface area contributed by atoms with Gasteiger partial charge in [0, 0.05) is 48.3 Å². The second kappa shape index (κ2) is 7.70. The zero-order valence-corrected chi connectivity index (χ0v) is 16.8. The van der Waals surface area contributed by atoms with Gasteiger partial charge in [-0.25, -0.2) is 14.4 Å². The van der Waals surface area contributed by atoms with Crippen LogP contribution in [-0.4, -0.2) is 47.0 Å². The third kappa shape index (κ3) is 4.03. The number of nitrogens with zero attached hydrogens (tertiary/aromatic N) is 4. The summed E-state index contributed by atoms with van der Waals surface area (Å²) in [5, 5.41) is 0. The number of carbonyl (C=O) groups is 1. The van der Waals surface area contributed by atoms with E-state index in [1.165, 1.54) is 12.1 Å². The molecule has 3 rings (SSSR count). The lowest BCUT2D eigenvalue weighted by Gasteiger charge is -2.35. The Hall–Kier alpha value is -2.02. The van der Waals surface area contributed by atoms with E-state index >= 15 is 0 Å². The number of amides is 1. The standard InChI is InChI=1S/C19H22BrFN4O/c1-12(2)18-22-13(3)10-17(23-18)24-6-8-25(9-7-24)19(26)15-11-14(20)4-5-16(15)21/h4-5,10-12H,6-9H2,1-3H3. The van der Waals surface area contributed by atoms with Gasteiger partial charge in [0.05, 0.1) is 5.56 Å². The van der Waals surface area contributed by atoms with Gasteiger partial charge in [0.1, 0.15) is 17.5 Å². The summed E-state index contributed by atoms with van der Waals surface area (Å²) in [4.78, 5) is 25.6. The average Bonchev–Trinajstić information content (AvgIpc) is 2.62. The molecule has 0 N–H and O–H groups in total. The van der Waals surface area contributed by atoms with Crippen LogP contribution in [0.2, 0.25) is 0 Å². The van der Waals surface area contributed by atoms with E-state index < -0.39 is 5.82 Å². The van der Waals surface area contributed by atoms with Crippen molar-refractivity contribution >= 4 is 27.7 Å². The van der Waals surface area contributed by atoms with Crippen LogP contribution in [0, 0.1) is 12.7 Å². The minimum atomic E-state index is -0.492. The molecule has 0 bridgehead atoms. The van der Waals surface area contributed by atoms with E-state index in [0.29, 0.717) is 30.7 Å². The highest BCUT2D eigenvalue weighted by molar-refractivity contribution is 9.10. The molecule has 0 atom stereocenters. The number of carbonyl (C=O) groups excluding carboxylic acids is 1. The van der Waals surface area contributed by atoms with Crippen molar-refractivity contribution in [2.45, 2.75) is 26.7 Å². The van der Waals surface area contributed by atoms with E-state index in [4.69, 9.17) is 0 Å². The average molecular weight is 421 g/mol. The van der Waals surface area contributed by atoms with Gasteiger partial charge in [0.15, 0.2) is 0 Å². The van der Waals surface area contributed by atoms with Crippen LogP contribution in [0.25, 0.3) is 0 Å². The van der Waals surface area contributed by atoms with Crippen LogP contribution in [0.15, 0.2) is 28.7 Å². The highest BCUT2D eigenvalue weighted by Gasteiger charge is 2.25. The fourth-order valence-corrected chi connectivity index (χ4v) is 3.33. The van der Waals surface area contributed by atoms with E-state index in [0.717, 1.165) is 17.3 Å². The zero-order chi connectivity index (χ0) is 18.8. The molecular weight excluding hydrogens is 399 g/mol. The van der Waals surface area contributed by atoms with Crippen molar-refractivity contribution in [1.29, 1.82) is 0 Å². The molecule has 2 aromatic rings. The molecule has 0 unspecified atom stereocenters. The maximum atomic E-state index is 14.0. The fourth-order valence-electron chi connectivity index (χ4n) is 2.97. The SMILES string of the molecule is Cc1cc(N2CCN(C(=O)c3cc(Br)ccc3F)CC2)nc(C(C)C)n1. The largest absolute Gasteiger partial charge is 0.353 e. The number of aromatic nitrogens is 2. The summed E-state index contributed by atoms with van der Waals surface area (Å²) < 4.78 is 14.7. The summed E-state index contributed by atoms with van der Waals surface area (Å²) in [6, 6.07) is 6.41. The first-order chi connectivity index (χ1) is 12.3. The van der Waals surface area contributed by atoms with Crippen molar-refractivity contribution in [2.24, 2.45) is 0 Å².